The Morgan fingerprint density at radius 2 is 2.04 bits per heavy atom. The van der Waals surface area contributed by atoms with Gasteiger partial charge in [0.25, 0.3) is 0 Å². The highest BCUT2D eigenvalue weighted by Crippen LogP contribution is 2.25. The lowest BCUT2D eigenvalue weighted by molar-refractivity contribution is 0.0992. The quantitative estimate of drug-likeness (QED) is 0.364. The number of carbonyl (C=O) groups is 1. The van der Waals surface area contributed by atoms with Gasteiger partial charge in [-0.2, -0.15) is 0 Å². The average molecular weight is 360 g/mol. The molecule has 1 aromatic carbocycles. The number of allylic oxidation sites excluding steroid dienone is 4. The number of aromatic amines is 1. The maximum Gasteiger partial charge on any atom is 0.169 e. The molecule has 0 aliphatic rings. The molecule has 0 saturated carbocycles. The first kappa shape index (κ1) is 20.8. The number of Topliss-reactive ketones (excluding diaryl/α,β-unsaturated/α-hetero) is 1. The molecule has 1 heterocycles. The lowest BCUT2D eigenvalue weighted by atomic mass is 10.0. The van der Waals surface area contributed by atoms with Crippen molar-refractivity contribution in [3.05, 3.63) is 70.6 Å². The van der Waals surface area contributed by atoms with E-state index in [0.717, 1.165) is 22.0 Å². The van der Waals surface area contributed by atoms with E-state index in [2.05, 4.69) is 11.6 Å². The number of halogens is 1. The van der Waals surface area contributed by atoms with Gasteiger partial charge in [-0.1, -0.05) is 49.7 Å². The minimum atomic E-state index is 0.0244. The summed E-state index contributed by atoms with van der Waals surface area (Å²) < 4.78 is 5.39. The predicted octanol–water partition coefficient (Wildman–Crippen LogP) is 6.47. The number of rotatable bonds is 6. The molecule has 25 heavy (non-hydrogen) atoms. The second kappa shape index (κ2) is 9.90. The number of hydrogen-bond donors (Lipinski definition) is 1. The summed E-state index contributed by atoms with van der Waals surface area (Å²) in [5.41, 5.74) is 3.22. The van der Waals surface area contributed by atoms with Crippen LogP contribution < -0.4 is 0 Å². The van der Waals surface area contributed by atoms with Crippen molar-refractivity contribution in [2.45, 2.75) is 34.1 Å². The number of H-pyrrole nitrogens is 1. The maximum absolute atomic E-state index is 12.7. The van der Waals surface area contributed by atoms with E-state index in [9.17, 15) is 4.79 Å². The molecule has 0 bridgehead atoms. The molecule has 2 rings (SSSR count). The summed E-state index contributed by atoms with van der Waals surface area (Å²) in [4.78, 5) is 15.8. The Balaban J connectivity index is 0.00000151. The molecular weight excluding hydrogens is 334 g/mol. The first-order valence-corrected chi connectivity index (χ1v) is 8.70. The van der Waals surface area contributed by atoms with Crippen LogP contribution in [-0.2, 0) is 4.74 Å². The fourth-order valence-electron chi connectivity index (χ4n) is 2.44. The monoisotopic (exact) mass is 359 g/mol. The fourth-order valence-corrected chi connectivity index (χ4v) is 2.61. The minimum Gasteiger partial charge on any atom is -0.496 e. The highest BCUT2D eigenvalue weighted by molar-refractivity contribution is 6.31. The molecule has 0 aliphatic carbocycles. The Labute approximate surface area is 155 Å². The molecule has 3 nitrogen and oxygen atoms in total. The van der Waals surface area contributed by atoms with Gasteiger partial charge in [0, 0.05) is 34.1 Å². The van der Waals surface area contributed by atoms with E-state index in [0.29, 0.717) is 16.3 Å². The van der Waals surface area contributed by atoms with Gasteiger partial charge in [-0.05, 0) is 37.6 Å². The molecular formula is C21H26ClNO2. The number of benzene rings is 1. The lowest BCUT2D eigenvalue weighted by Crippen LogP contribution is -2.03. The van der Waals surface area contributed by atoms with E-state index in [1.807, 2.05) is 52.0 Å². The van der Waals surface area contributed by atoms with Crippen LogP contribution in [-0.4, -0.2) is 17.9 Å². The highest BCUT2D eigenvalue weighted by atomic mass is 35.5. The summed E-state index contributed by atoms with van der Waals surface area (Å²) >= 11 is 5.98. The standard InChI is InChI=1S/C19H20ClNO2.C2H6/c1-5-13(19(23-4)8-12(2)3)9-18(22)16-11-21-17-10-14(20)6-7-15(16)17;1-2/h5-8,10-11,21H,2,9H2,1,3-4H3;1-2H3/b13-5-,19-8+;. The van der Waals surface area contributed by atoms with Crippen LogP contribution in [0.2, 0.25) is 5.02 Å². The highest BCUT2D eigenvalue weighted by Gasteiger charge is 2.16. The zero-order valence-electron chi connectivity index (χ0n) is 15.6. The van der Waals surface area contributed by atoms with Crippen LogP contribution in [0.3, 0.4) is 0 Å². The first-order chi connectivity index (χ1) is 12.0. The summed E-state index contributed by atoms with van der Waals surface area (Å²) in [7, 11) is 1.59. The van der Waals surface area contributed by atoms with Gasteiger partial charge >= 0.3 is 0 Å². The van der Waals surface area contributed by atoms with E-state index in [4.69, 9.17) is 16.3 Å². The smallest absolute Gasteiger partial charge is 0.169 e. The van der Waals surface area contributed by atoms with E-state index in [1.54, 1.807) is 19.4 Å². The van der Waals surface area contributed by atoms with Gasteiger partial charge in [0.15, 0.2) is 5.78 Å². The van der Waals surface area contributed by atoms with Crippen LogP contribution in [0.15, 0.2) is 60.0 Å². The normalized spacial score (nSPS) is 11.8. The van der Waals surface area contributed by atoms with Crippen molar-refractivity contribution in [2.75, 3.05) is 7.11 Å². The summed E-state index contributed by atoms with van der Waals surface area (Å²) in [6.45, 7) is 11.6. The van der Waals surface area contributed by atoms with E-state index < -0.39 is 0 Å². The summed E-state index contributed by atoms with van der Waals surface area (Å²) in [6, 6.07) is 5.45. The number of nitrogens with one attached hydrogen (secondary N) is 1. The molecule has 2 aromatic rings. The number of methoxy groups -OCH3 is 1. The van der Waals surface area contributed by atoms with Gasteiger partial charge in [-0.25, -0.2) is 0 Å². The van der Waals surface area contributed by atoms with Crippen molar-refractivity contribution >= 4 is 28.3 Å². The molecule has 1 aromatic heterocycles. The van der Waals surface area contributed by atoms with E-state index in [-0.39, 0.29) is 12.2 Å². The van der Waals surface area contributed by atoms with Crippen LogP contribution in [0.4, 0.5) is 0 Å². The summed E-state index contributed by atoms with van der Waals surface area (Å²) in [5.74, 6) is 0.688. The third-order valence-electron chi connectivity index (χ3n) is 3.56. The molecule has 0 fully saturated rings. The van der Waals surface area contributed by atoms with Crippen molar-refractivity contribution in [3.63, 3.8) is 0 Å². The second-order valence-corrected chi connectivity index (χ2v) is 5.80. The Hall–Kier alpha value is -2.26. The third kappa shape index (κ3) is 5.36. The largest absolute Gasteiger partial charge is 0.496 e. The van der Waals surface area contributed by atoms with Crippen molar-refractivity contribution in [3.8, 4) is 0 Å². The van der Waals surface area contributed by atoms with Crippen LogP contribution >= 0.6 is 11.6 Å². The predicted molar refractivity (Wildman–Crippen MR) is 107 cm³/mol. The summed E-state index contributed by atoms with van der Waals surface area (Å²) in [5, 5.41) is 1.51. The van der Waals surface area contributed by atoms with Crippen molar-refractivity contribution in [1.82, 2.24) is 4.98 Å². The average Bonchev–Trinajstić information content (AvgIpc) is 3.02. The topological polar surface area (TPSA) is 42.1 Å². The first-order valence-electron chi connectivity index (χ1n) is 8.32. The van der Waals surface area contributed by atoms with Gasteiger partial charge in [0.1, 0.15) is 5.76 Å². The fraction of sp³-hybridized carbons (Fsp3) is 0.286. The molecule has 0 unspecified atom stereocenters. The molecule has 0 spiro atoms. The number of ketones is 1. The minimum absolute atomic E-state index is 0.0244. The van der Waals surface area contributed by atoms with E-state index >= 15 is 0 Å². The van der Waals surface area contributed by atoms with Crippen molar-refractivity contribution in [2.24, 2.45) is 0 Å². The Morgan fingerprint density at radius 1 is 1.36 bits per heavy atom. The number of carbonyl (C=O) groups excluding carboxylic acids is 1. The van der Waals surface area contributed by atoms with Gasteiger partial charge in [0.2, 0.25) is 0 Å². The number of fused-ring (bicyclic) bond motifs is 1. The maximum atomic E-state index is 12.7. The van der Waals surface area contributed by atoms with Crippen molar-refractivity contribution < 1.29 is 9.53 Å². The molecule has 0 aliphatic heterocycles. The second-order valence-electron chi connectivity index (χ2n) is 5.37. The van der Waals surface area contributed by atoms with E-state index in [1.165, 1.54) is 0 Å². The lowest BCUT2D eigenvalue weighted by Gasteiger charge is -2.10. The number of hydrogen-bond acceptors (Lipinski definition) is 2. The SMILES string of the molecule is C=C(C)/C=C(OC)\C(=C/C)CC(=O)c1c[nH]c2cc(Cl)ccc12.CC. The Kier molecular flexibility index (Phi) is 8.23. The number of aromatic nitrogens is 1. The summed E-state index contributed by atoms with van der Waals surface area (Å²) in [6.07, 6.45) is 5.71. The van der Waals surface area contributed by atoms with Gasteiger partial charge in [-0.15, -0.1) is 0 Å². The zero-order chi connectivity index (χ0) is 19.0. The zero-order valence-corrected chi connectivity index (χ0v) is 16.3. The van der Waals surface area contributed by atoms with Gasteiger partial charge < -0.3 is 9.72 Å². The molecule has 0 saturated heterocycles. The molecule has 0 radical (unpaired) electrons. The Morgan fingerprint density at radius 3 is 2.60 bits per heavy atom. The molecule has 1 N–H and O–H groups in total. The molecule has 0 amide bonds. The third-order valence-corrected chi connectivity index (χ3v) is 3.79. The van der Waals surface area contributed by atoms with Crippen LogP contribution in [0.5, 0.6) is 0 Å². The van der Waals surface area contributed by atoms with Gasteiger partial charge in [0.05, 0.1) is 7.11 Å². The Bertz CT molecular complexity index is 812. The number of ether oxygens (including phenoxy) is 1. The van der Waals surface area contributed by atoms with Crippen LogP contribution in [0, 0.1) is 0 Å². The molecule has 4 heteroatoms. The van der Waals surface area contributed by atoms with Crippen LogP contribution in [0.1, 0.15) is 44.5 Å². The molecule has 0 atom stereocenters. The molecule has 134 valence electrons. The van der Waals surface area contributed by atoms with Crippen molar-refractivity contribution in [1.29, 1.82) is 0 Å². The van der Waals surface area contributed by atoms with Gasteiger partial charge in [-0.3, -0.25) is 4.79 Å². The van der Waals surface area contributed by atoms with Crippen LogP contribution in [0.25, 0.3) is 10.9 Å².